The van der Waals surface area contributed by atoms with Crippen LogP contribution < -0.4 is 20.1 Å². The van der Waals surface area contributed by atoms with Gasteiger partial charge in [0.25, 0.3) is 0 Å². The first-order chi connectivity index (χ1) is 19.7. The molecule has 1 saturated heterocycles. The average Bonchev–Trinajstić information content (AvgIpc) is 2.94. The van der Waals surface area contributed by atoms with E-state index >= 15 is 8.78 Å². The fraction of sp³-hybridized carbons (Fsp3) is 0.276. The van der Waals surface area contributed by atoms with Gasteiger partial charge in [-0.2, -0.15) is 4.39 Å². The fourth-order valence-corrected chi connectivity index (χ4v) is 5.91. The number of aryl methyl sites for hydroxylation is 1. The van der Waals surface area contributed by atoms with Gasteiger partial charge in [0, 0.05) is 25.0 Å². The van der Waals surface area contributed by atoms with Crippen LogP contribution in [-0.2, 0) is 15.8 Å². The summed E-state index contributed by atoms with van der Waals surface area (Å²) >= 11 is 0. The Kier molecular flexibility index (Phi) is 8.41. The highest BCUT2D eigenvalue weighted by Crippen LogP contribution is 2.37. The molecule has 2 aromatic carbocycles. The molecule has 3 N–H and O–H groups in total. The average molecular weight is 581 g/mol. The molecule has 9 nitrogen and oxygen atoms in total. The molecule has 4 aromatic rings. The largest absolute Gasteiger partial charge is 0.435 e. The van der Waals surface area contributed by atoms with Crippen molar-refractivity contribution in [3.8, 4) is 22.9 Å². The van der Waals surface area contributed by atoms with Gasteiger partial charge in [-0.3, -0.25) is 4.72 Å². The monoisotopic (exact) mass is 580 g/mol. The fourth-order valence-electron chi connectivity index (χ4n) is 4.72. The van der Waals surface area contributed by atoms with E-state index in [9.17, 15) is 8.42 Å². The van der Waals surface area contributed by atoms with Gasteiger partial charge in [0.1, 0.15) is 0 Å². The van der Waals surface area contributed by atoms with Crippen LogP contribution in [0.25, 0.3) is 11.3 Å². The number of piperidine rings is 1. The van der Waals surface area contributed by atoms with Crippen LogP contribution in [-0.4, -0.2) is 42.5 Å². The van der Waals surface area contributed by atoms with Crippen molar-refractivity contribution in [1.82, 2.24) is 20.3 Å². The lowest BCUT2D eigenvalue weighted by Crippen LogP contribution is -2.42. The Labute approximate surface area is 237 Å². The van der Waals surface area contributed by atoms with Gasteiger partial charge < -0.3 is 15.4 Å². The summed E-state index contributed by atoms with van der Waals surface area (Å²) < 4.78 is 63.6. The molecule has 2 aromatic heterocycles. The zero-order valence-corrected chi connectivity index (χ0v) is 23.4. The molecule has 12 heteroatoms. The number of hydrogen-bond acceptors (Lipinski definition) is 8. The lowest BCUT2D eigenvalue weighted by atomic mass is 9.98. The van der Waals surface area contributed by atoms with Crippen LogP contribution in [0.4, 0.5) is 20.4 Å². The molecular formula is C29H30F2N6O3S. The second kappa shape index (κ2) is 12.1. The number of pyridine rings is 1. The number of nitrogens with zero attached hydrogens (tertiary/aromatic N) is 3. The number of anilines is 2. The third-order valence-corrected chi connectivity index (χ3v) is 7.86. The van der Waals surface area contributed by atoms with E-state index in [1.807, 2.05) is 0 Å². The Morgan fingerprint density at radius 2 is 1.83 bits per heavy atom. The van der Waals surface area contributed by atoms with Crippen LogP contribution in [0, 0.1) is 24.5 Å². The first-order valence-corrected chi connectivity index (χ1v) is 14.8. The Balaban J connectivity index is 1.38. The summed E-state index contributed by atoms with van der Waals surface area (Å²) in [6, 6.07) is 14.8. The quantitative estimate of drug-likeness (QED) is 0.245. The van der Waals surface area contributed by atoms with Crippen molar-refractivity contribution in [3.05, 3.63) is 89.8 Å². The normalized spacial score (nSPS) is 17.2. The van der Waals surface area contributed by atoms with Gasteiger partial charge in [-0.15, -0.1) is 0 Å². The van der Waals surface area contributed by atoms with E-state index in [1.54, 1.807) is 54.7 Å². The molecule has 0 aliphatic carbocycles. The van der Waals surface area contributed by atoms with Gasteiger partial charge in [0.2, 0.25) is 27.7 Å². The second-order valence-electron chi connectivity index (χ2n) is 10.1. The molecule has 0 radical (unpaired) electrons. The summed E-state index contributed by atoms with van der Waals surface area (Å²) in [7, 11) is -4.01. The molecule has 0 unspecified atom stereocenters. The molecule has 0 bridgehead atoms. The van der Waals surface area contributed by atoms with Gasteiger partial charge in [-0.1, -0.05) is 37.3 Å². The van der Waals surface area contributed by atoms with E-state index in [1.165, 1.54) is 19.2 Å². The van der Waals surface area contributed by atoms with Crippen LogP contribution in [0.3, 0.4) is 0 Å². The maximum atomic E-state index is 15.3. The van der Waals surface area contributed by atoms with E-state index in [4.69, 9.17) is 4.74 Å². The van der Waals surface area contributed by atoms with Crippen molar-refractivity contribution in [1.29, 1.82) is 0 Å². The molecule has 2 atom stereocenters. The molecule has 1 aliphatic rings. The zero-order valence-electron chi connectivity index (χ0n) is 22.6. The highest BCUT2D eigenvalue weighted by atomic mass is 32.2. The van der Waals surface area contributed by atoms with E-state index in [0.29, 0.717) is 28.7 Å². The third kappa shape index (κ3) is 6.95. The topological polar surface area (TPSA) is 118 Å². The van der Waals surface area contributed by atoms with Crippen LogP contribution in [0.5, 0.6) is 11.6 Å². The molecular weight excluding hydrogens is 550 g/mol. The van der Waals surface area contributed by atoms with Gasteiger partial charge in [-0.05, 0) is 61.2 Å². The van der Waals surface area contributed by atoms with Gasteiger partial charge >= 0.3 is 0 Å². The molecule has 41 heavy (non-hydrogen) atoms. The first-order valence-electron chi connectivity index (χ1n) is 13.1. The Morgan fingerprint density at radius 1 is 1.02 bits per heavy atom. The highest BCUT2D eigenvalue weighted by Gasteiger charge is 2.24. The number of sulfonamides is 1. The Bertz CT molecular complexity index is 1640. The predicted molar refractivity (Wildman–Crippen MR) is 153 cm³/mol. The summed E-state index contributed by atoms with van der Waals surface area (Å²) in [5.74, 6) is -2.58. The number of halogens is 2. The summed E-state index contributed by atoms with van der Waals surface area (Å²) in [4.78, 5) is 13.2. The van der Waals surface area contributed by atoms with Crippen LogP contribution in [0.15, 0.2) is 67.0 Å². The first kappa shape index (κ1) is 28.4. The molecule has 0 amide bonds. The molecule has 5 rings (SSSR count). The minimum Gasteiger partial charge on any atom is -0.435 e. The van der Waals surface area contributed by atoms with Crippen LogP contribution in [0.1, 0.15) is 24.5 Å². The van der Waals surface area contributed by atoms with E-state index in [0.717, 1.165) is 19.5 Å². The van der Waals surface area contributed by atoms with Crippen molar-refractivity contribution in [2.75, 3.05) is 23.1 Å². The minimum atomic E-state index is -4.01. The molecule has 0 saturated carbocycles. The zero-order chi connectivity index (χ0) is 29.0. The maximum absolute atomic E-state index is 15.3. The lowest BCUT2D eigenvalue weighted by molar-refractivity contribution is 0.377. The number of hydrogen-bond donors (Lipinski definition) is 3. The smallest absolute Gasteiger partial charge is 0.237 e. The highest BCUT2D eigenvalue weighted by molar-refractivity contribution is 7.91. The van der Waals surface area contributed by atoms with Crippen molar-refractivity contribution >= 4 is 21.7 Å². The number of benzene rings is 2. The summed E-state index contributed by atoms with van der Waals surface area (Å²) in [6.07, 6.45) is 4.04. The van der Waals surface area contributed by atoms with E-state index in [-0.39, 0.29) is 17.5 Å². The Morgan fingerprint density at radius 3 is 2.61 bits per heavy atom. The number of rotatable bonds is 9. The molecule has 1 fully saturated rings. The minimum absolute atomic E-state index is 0.00362. The number of nitrogens with one attached hydrogen (secondary N) is 3. The van der Waals surface area contributed by atoms with E-state index < -0.39 is 38.8 Å². The van der Waals surface area contributed by atoms with E-state index in [2.05, 4.69) is 37.2 Å². The summed E-state index contributed by atoms with van der Waals surface area (Å²) in [6.45, 7) is 5.42. The summed E-state index contributed by atoms with van der Waals surface area (Å²) in [5, 5.41) is 6.72. The van der Waals surface area contributed by atoms with Gasteiger partial charge in [-0.25, -0.2) is 27.8 Å². The lowest BCUT2D eigenvalue weighted by Gasteiger charge is -2.28. The SMILES string of the molecule is Cc1cc(NS(=O)(=O)Cc2ccccc2)c(F)c(F)c1Oc1ncccc1-c1ccnc(N[C@@H]2CNC[C@H](C)C2)n1. The summed E-state index contributed by atoms with van der Waals surface area (Å²) in [5.41, 5.74) is 1.09. The standard InChI is InChI=1S/C29H30F2N6O3S/c1-18-13-21(16-32-15-18)35-29-34-12-10-23(36-29)22-9-6-11-33-28(22)40-27-19(2)14-24(25(30)26(27)31)37-41(38,39)17-20-7-4-3-5-8-20/h3-12,14,18,21,32,37H,13,15-17H2,1-2H3,(H,34,35,36)/t18-,21+/m1/s1. The van der Waals surface area contributed by atoms with Crippen molar-refractivity contribution in [3.63, 3.8) is 0 Å². The second-order valence-corrected chi connectivity index (χ2v) is 11.8. The predicted octanol–water partition coefficient (Wildman–Crippen LogP) is 5.27. The number of aromatic nitrogens is 3. The number of ether oxygens (including phenoxy) is 1. The maximum Gasteiger partial charge on any atom is 0.237 e. The van der Waals surface area contributed by atoms with Crippen molar-refractivity contribution < 1.29 is 21.9 Å². The Hall–Kier alpha value is -4.16. The van der Waals surface area contributed by atoms with Crippen molar-refractivity contribution in [2.45, 2.75) is 32.1 Å². The molecule has 0 spiro atoms. The van der Waals surface area contributed by atoms with Gasteiger partial charge in [0.05, 0.1) is 22.7 Å². The van der Waals surface area contributed by atoms with Crippen LogP contribution in [0.2, 0.25) is 0 Å². The molecule has 1 aliphatic heterocycles. The molecule has 214 valence electrons. The van der Waals surface area contributed by atoms with Crippen LogP contribution >= 0.6 is 0 Å². The third-order valence-electron chi connectivity index (χ3n) is 6.62. The van der Waals surface area contributed by atoms with Crippen molar-refractivity contribution in [2.24, 2.45) is 5.92 Å². The van der Waals surface area contributed by atoms with Gasteiger partial charge in [0.15, 0.2) is 11.6 Å². The molecule has 3 heterocycles.